The Bertz CT molecular complexity index is 734. The van der Waals surface area contributed by atoms with Crippen molar-refractivity contribution in [2.24, 2.45) is 0 Å². The molecule has 0 spiro atoms. The summed E-state index contributed by atoms with van der Waals surface area (Å²) < 4.78 is 24.7. The van der Waals surface area contributed by atoms with Crippen molar-refractivity contribution < 1.29 is 18.7 Å². The van der Waals surface area contributed by atoms with Crippen LogP contribution in [0.3, 0.4) is 0 Å². The molecule has 2 fully saturated rings. The Morgan fingerprint density at radius 2 is 1.72 bits per heavy atom. The lowest BCUT2D eigenvalue weighted by atomic mass is 9.99. The van der Waals surface area contributed by atoms with Crippen LogP contribution in [0.1, 0.15) is 42.5 Å². The molecule has 3 atom stereocenters. The number of cyclic esters (lactones) is 1. The Labute approximate surface area is 146 Å². The van der Waals surface area contributed by atoms with Gasteiger partial charge in [-0.05, 0) is 42.5 Å². The van der Waals surface area contributed by atoms with Crippen LogP contribution in [0.15, 0.2) is 54.6 Å². The summed E-state index contributed by atoms with van der Waals surface area (Å²) in [5, 5.41) is 0. The second-order valence-electron chi connectivity index (χ2n) is 6.47. The highest BCUT2D eigenvalue weighted by Crippen LogP contribution is 2.38. The van der Waals surface area contributed by atoms with Gasteiger partial charge in [-0.15, -0.1) is 0 Å². The second-order valence-corrected chi connectivity index (χ2v) is 6.47. The highest BCUT2D eigenvalue weighted by Gasteiger charge is 2.41. The summed E-state index contributed by atoms with van der Waals surface area (Å²) >= 11 is 0. The molecular weight excluding hydrogens is 321 g/mol. The molecular formula is C20H20FNO3. The Morgan fingerprint density at radius 1 is 0.960 bits per heavy atom. The molecule has 0 aromatic heterocycles. The van der Waals surface area contributed by atoms with Crippen LogP contribution >= 0.6 is 0 Å². The summed E-state index contributed by atoms with van der Waals surface area (Å²) in [6, 6.07) is 16.1. The maximum atomic E-state index is 13.2. The fraction of sp³-hybridized carbons (Fsp3) is 0.350. The zero-order valence-electron chi connectivity index (χ0n) is 13.8. The zero-order valence-corrected chi connectivity index (χ0v) is 13.8. The highest BCUT2D eigenvalue weighted by atomic mass is 19.1. The van der Waals surface area contributed by atoms with E-state index in [0.717, 1.165) is 30.4 Å². The number of nitrogens with zero attached hydrogens (tertiary/aromatic N) is 1. The number of benzene rings is 2. The van der Waals surface area contributed by atoms with E-state index in [4.69, 9.17) is 9.47 Å². The summed E-state index contributed by atoms with van der Waals surface area (Å²) in [5.74, 6) is -0.261. The van der Waals surface area contributed by atoms with E-state index in [0.29, 0.717) is 6.61 Å². The fourth-order valence-corrected chi connectivity index (χ4v) is 3.61. The van der Waals surface area contributed by atoms with Crippen LogP contribution < -0.4 is 0 Å². The molecule has 2 saturated heterocycles. The van der Waals surface area contributed by atoms with Gasteiger partial charge in [0.25, 0.3) is 0 Å². The van der Waals surface area contributed by atoms with Crippen LogP contribution in [0.4, 0.5) is 9.18 Å². The van der Waals surface area contributed by atoms with Crippen molar-refractivity contribution in [3.63, 3.8) is 0 Å². The van der Waals surface area contributed by atoms with E-state index in [1.165, 1.54) is 12.1 Å². The molecule has 0 radical (unpaired) electrons. The third kappa shape index (κ3) is 3.24. The van der Waals surface area contributed by atoms with Crippen molar-refractivity contribution in [3.8, 4) is 0 Å². The van der Waals surface area contributed by atoms with Crippen molar-refractivity contribution in [2.45, 2.75) is 37.6 Å². The lowest BCUT2D eigenvalue weighted by Crippen LogP contribution is -2.42. The number of hydrogen-bond acceptors (Lipinski definition) is 3. The monoisotopic (exact) mass is 341 g/mol. The third-order valence-electron chi connectivity index (χ3n) is 4.89. The predicted molar refractivity (Wildman–Crippen MR) is 90.2 cm³/mol. The Kier molecular flexibility index (Phi) is 4.40. The van der Waals surface area contributed by atoms with Gasteiger partial charge in [-0.2, -0.15) is 0 Å². The summed E-state index contributed by atoms with van der Waals surface area (Å²) in [6.45, 7) is 0.337. The maximum absolute atomic E-state index is 13.2. The van der Waals surface area contributed by atoms with E-state index in [1.54, 1.807) is 17.0 Å². The molecule has 2 aromatic rings. The van der Waals surface area contributed by atoms with Gasteiger partial charge in [0, 0.05) is 0 Å². The molecule has 25 heavy (non-hydrogen) atoms. The molecule has 4 nitrogen and oxygen atoms in total. The number of rotatable bonds is 3. The van der Waals surface area contributed by atoms with Crippen LogP contribution in [0.5, 0.6) is 0 Å². The Hall–Kier alpha value is -2.40. The number of halogens is 1. The van der Waals surface area contributed by atoms with Gasteiger partial charge < -0.3 is 9.47 Å². The molecule has 2 aliphatic rings. The van der Waals surface area contributed by atoms with Gasteiger partial charge in [-0.3, -0.25) is 4.90 Å². The minimum Gasteiger partial charge on any atom is -0.447 e. The molecule has 4 rings (SSSR count). The molecule has 0 bridgehead atoms. The van der Waals surface area contributed by atoms with Crippen molar-refractivity contribution in [1.82, 2.24) is 4.90 Å². The number of amides is 1. The number of carbonyl (C=O) groups is 1. The van der Waals surface area contributed by atoms with E-state index in [9.17, 15) is 9.18 Å². The van der Waals surface area contributed by atoms with Gasteiger partial charge in [0.05, 0.1) is 12.1 Å². The van der Waals surface area contributed by atoms with E-state index in [-0.39, 0.29) is 30.3 Å². The summed E-state index contributed by atoms with van der Waals surface area (Å²) in [5.41, 5.74) is 1.98. The average Bonchev–Trinajstić information content (AvgIpc) is 3.05. The van der Waals surface area contributed by atoms with Crippen LogP contribution in [0, 0.1) is 5.82 Å². The first-order chi connectivity index (χ1) is 12.2. The summed E-state index contributed by atoms with van der Waals surface area (Å²) in [4.78, 5) is 14.0. The van der Waals surface area contributed by atoms with Gasteiger partial charge in [0.1, 0.15) is 18.7 Å². The maximum Gasteiger partial charge on any atom is 0.412 e. The standard InChI is InChI=1S/C20H20FNO3/c21-16-11-9-15(10-12-16)18-7-4-8-19(25-18)22-17(13-24-20(22)23)14-5-2-1-3-6-14/h1-3,5-6,9-12,17-19H,4,7-8,13H2/t17?,18?,19-/m0/s1. The first kappa shape index (κ1) is 16.1. The van der Waals surface area contributed by atoms with Gasteiger partial charge in [0.15, 0.2) is 0 Å². The van der Waals surface area contributed by atoms with E-state index >= 15 is 0 Å². The van der Waals surface area contributed by atoms with Gasteiger partial charge in [-0.25, -0.2) is 9.18 Å². The SMILES string of the molecule is O=C1OCC(c2ccccc2)N1[C@@H]1CCCC(c2ccc(F)cc2)O1. The fourth-order valence-electron chi connectivity index (χ4n) is 3.61. The lowest BCUT2D eigenvalue weighted by Gasteiger charge is -2.37. The van der Waals surface area contributed by atoms with E-state index < -0.39 is 0 Å². The van der Waals surface area contributed by atoms with Crippen molar-refractivity contribution in [2.75, 3.05) is 6.61 Å². The molecule has 1 amide bonds. The van der Waals surface area contributed by atoms with Gasteiger partial charge in [0.2, 0.25) is 0 Å². The van der Waals surface area contributed by atoms with Crippen LogP contribution in [-0.2, 0) is 9.47 Å². The molecule has 5 heteroatoms. The van der Waals surface area contributed by atoms with Crippen molar-refractivity contribution in [1.29, 1.82) is 0 Å². The smallest absolute Gasteiger partial charge is 0.412 e. The second kappa shape index (κ2) is 6.84. The van der Waals surface area contributed by atoms with E-state index in [1.807, 2.05) is 30.3 Å². The highest BCUT2D eigenvalue weighted by molar-refractivity contribution is 5.70. The zero-order chi connectivity index (χ0) is 17.2. The lowest BCUT2D eigenvalue weighted by molar-refractivity contribution is -0.120. The van der Waals surface area contributed by atoms with Crippen molar-refractivity contribution in [3.05, 3.63) is 71.5 Å². The Balaban J connectivity index is 1.55. The number of hydrogen-bond donors (Lipinski definition) is 0. The molecule has 0 aliphatic carbocycles. The van der Waals surface area contributed by atoms with Crippen LogP contribution in [0.2, 0.25) is 0 Å². The molecule has 0 N–H and O–H groups in total. The minimum absolute atomic E-state index is 0.134. The third-order valence-corrected chi connectivity index (χ3v) is 4.89. The first-order valence-corrected chi connectivity index (χ1v) is 8.63. The summed E-state index contributed by atoms with van der Waals surface area (Å²) in [7, 11) is 0. The molecule has 0 saturated carbocycles. The van der Waals surface area contributed by atoms with Gasteiger partial charge in [-0.1, -0.05) is 42.5 Å². The minimum atomic E-state index is -0.335. The number of ether oxygens (including phenoxy) is 2. The van der Waals surface area contributed by atoms with Crippen molar-refractivity contribution >= 4 is 6.09 Å². The summed E-state index contributed by atoms with van der Waals surface area (Å²) in [6.07, 6.45) is 1.78. The predicted octanol–water partition coefficient (Wildman–Crippen LogP) is 4.59. The Morgan fingerprint density at radius 3 is 2.48 bits per heavy atom. The van der Waals surface area contributed by atoms with Crippen LogP contribution in [0.25, 0.3) is 0 Å². The molecule has 2 aromatic carbocycles. The first-order valence-electron chi connectivity index (χ1n) is 8.63. The normalized spacial score (nSPS) is 26.5. The number of carbonyl (C=O) groups excluding carboxylic acids is 1. The molecule has 2 unspecified atom stereocenters. The molecule has 2 aliphatic heterocycles. The quantitative estimate of drug-likeness (QED) is 0.820. The molecule has 130 valence electrons. The molecule has 2 heterocycles. The van der Waals surface area contributed by atoms with E-state index in [2.05, 4.69) is 0 Å². The largest absolute Gasteiger partial charge is 0.447 e. The van der Waals surface area contributed by atoms with Crippen LogP contribution in [-0.4, -0.2) is 23.8 Å². The topological polar surface area (TPSA) is 38.8 Å². The van der Waals surface area contributed by atoms with Gasteiger partial charge >= 0.3 is 6.09 Å². The average molecular weight is 341 g/mol.